The number of rotatable bonds is 4. The molecule has 0 aromatic carbocycles. The van der Waals surface area contributed by atoms with Crippen molar-refractivity contribution in [1.29, 1.82) is 0 Å². The van der Waals surface area contributed by atoms with Crippen LogP contribution < -0.4 is 0 Å². The van der Waals surface area contributed by atoms with Crippen LogP contribution in [0, 0.1) is 0 Å². The van der Waals surface area contributed by atoms with Crippen molar-refractivity contribution in [2.75, 3.05) is 6.61 Å². The number of carboxylic acids is 1. The third-order valence-electron chi connectivity index (χ3n) is 1.52. The summed E-state index contributed by atoms with van der Waals surface area (Å²) in [5.74, 6) is -0.559. The van der Waals surface area contributed by atoms with Crippen LogP contribution in [0.2, 0.25) is 0 Å². The van der Waals surface area contributed by atoms with Gasteiger partial charge in [0.2, 0.25) is 0 Å². The second kappa shape index (κ2) is 4.47. The van der Waals surface area contributed by atoms with Crippen LogP contribution in [0.3, 0.4) is 0 Å². The molecule has 1 aromatic heterocycles. The van der Waals surface area contributed by atoms with Crippen molar-refractivity contribution < 1.29 is 19.4 Å². The zero-order chi connectivity index (χ0) is 9.68. The molecule has 0 amide bonds. The second-order valence-corrected chi connectivity index (χ2v) is 2.46. The minimum absolute atomic E-state index is 0.121. The minimum atomic E-state index is -1.04. The molecule has 4 nitrogen and oxygen atoms in total. The van der Waals surface area contributed by atoms with Crippen molar-refractivity contribution in [3.8, 4) is 0 Å². The van der Waals surface area contributed by atoms with Crippen LogP contribution in [0.5, 0.6) is 0 Å². The van der Waals surface area contributed by atoms with Gasteiger partial charge in [-0.2, -0.15) is 0 Å². The lowest BCUT2D eigenvalue weighted by Gasteiger charge is -1.96. The Morgan fingerprint density at radius 2 is 2.38 bits per heavy atom. The van der Waals surface area contributed by atoms with Gasteiger partial charge < -0.3 is 14.6 Å². The standard InChI is InChI=1S/C9H10O4/c10-4-3-7(9(11)12)6-8-2-1-5-13-8/h1-2,5-6,10H,3-4H2,(H,11,12). The average Bonchev–Trinajstić information content (AvgIpc) is 2.56. The number of aliphatic hydroxyl groups is 1. The summed E-state index contributed by atoms with van der Waals surface area (Å²) < 4.78 is 4.94. The molecule has 1 rings (SSSR count). The summed E-state index contributed by atoms with van der Waals surface area (Å²) in [6, 6.07) is 3.32. The number of hydrogen-bond acceptors (Lipinski definition) is 3. The summed E-state index contributed by atoms with van der Waals surface area (Å²) in [6.07, 6.45) is 2.98. The predicted octanol–water partition coefficient (Wildman–Crippen LogP) is 1.13. The van der Waals surface area contributed by atoms with E-state index < -0.39 is 5.97 Å². The van der Waals surface area contributed by atoms with E-state index in [1.165, 1.54) is 12.3 Å². The van der Waals surface area contributed by atoms with Crippen LogP contribution >= 0.6 is 0 Å². The SMILES string of the molecule is O=C(O)C(=Cc1ccco1)CCO. The van der Waals surface area contributed by atoms with E-state index in [4.69, 9.17) is 14.6 Å². The Morgan fingerprint density at radius 3 is 2.85 bits per heavy atom. The predicted molar refractivity (Wildman–Crippen MR) is 46.0 cm³/mol. The van der Waals surface area contributed by atoms with Crippen LogP contribution in [0.1, 0.15) is 12.2 Å². The molecule has 0 unspecified atom stereocenters. The van der Waals surface area contributed by atoms with Gasteiger partial charge in [0.1, 0.15) is 5.76 Å². The lowest BCUT2D eigenvalue weighted by atomic mass is 10.1. The molecule has 1 aromatic rings. The number of aliphatic carboxylic acids is 1. The molecule has 0 saturated heterocycles. The highest BCUT2D eigenvalue weighted by molar-refractivity contribution is 5.91. The zero-order valence-corrected chi connectivity index (χ0v) is 6.93. The van der Waals surface area contributed by atoms with Crippen molar-refractivity contribution in [3.05, 3.63) is 29.7 Å². The molecule has 0 spiro atoms. The molecule has 0 radical (unpaired) electrons. The van der Waals surface area contributed by atoms with Crippen molar-refractivity contribution >= 4 is 12.0 Å². The molecule has 13 heavy (non-hydrogen) atoms. The van der Waals surface area contributed by atoms with Gasteiger partial charge in [-0.15, -0.1) is 0 Å². The van der Waals surface area contributed by atoms with Gasteiger partial charge in [-0.25, -0.2) is 4.79 Å². The first-order valence-electron chi connectivity index (χ1n) is 3.82. The van der Waals surface area contributed by atoms with Gasteiger partial charge in [-0.1, -0.05) is 0 Å². The number of carboxylic acid groups (broad SMARTS) is 1. The van der Waals surface area contributed by atoms with Gasteiger partial charge in [0.15, 0.2) is 0 Å². The van der Waals surface area contributed by atoms with Crippen molar-refractivity contribution in [2.45, 2.75) is 6.42 Å². The summed E-state index contributed by atoms with van der Waals surface area (Å²) in [6.45, 7) is -0.182. The Kier molecular flexibility index (Phi) is 3.28. The molecule has 1 heterocycles. The molecule has 70 valence electrons. The third kappa shape index (κ3) is 2.76. The highest BCUT2D eigenvalue weighted by Crippen LogP contribution is 2.10. The number of aliphatic hydroxyl groups excluding tert-OH is 1. The van der Waals surface area contributed by atoms with E-state index in [-0.39, 0.29) is 18.6 Å². The normalized spacial score (nSPS) is 11.6. The van der Waals surface area contributed by atoms with Gasteiger partial charge in [-0.05, 0) is 18.2 Å². The zero-order valence-electron chi connectivity index (χ0n) is 6.93. The van der Waals surface area contributed by atoms with Crippen LogP contribution in [0.25, 0.3) is 6.08 Å². The Labute approximate surface area is 75.1 Å². The van der Waals surface area contributed by atoms with Crippen LogP contribution in [0.4, 0.5) is 0 Å². The van der Waals surface area contributed by atoms with Crippen molar-refractivity contribution in [1.82, 2.24) is 0 Å². The summed E-state index contributed by atoms with van der Waals surface area (Å²) in [5.41, 5.74) is 0.137. The molecule has 0 atom stereocenters. The molecule has 0 bridgehead atoms. The van der Waals surface area contributed by atoms with Crippen LogP contribution in [-0.2, 0) is 4.79 Å². The van der Waals surface area contributed by atoms with Gasteiger partial charge in [-0.3, -0.25) is 0 Å². The highest BCUT2D eigenvalue weighted by atomic mass is 16.4. The number of furan rings is 1. The first-order chi connectivity index (χ1) is 6.24. The molecule has 0 aliphatic rings. The van der Waals surface area contributed by atoms with Gasteiger partial charge in [0.05, 0.1) is 6.26 Å². The highest BCUT2D eigenvalue weighted by Gasteiger charge is 2.06. The molecule has 2 N–H and O–H groups in total. The van der Waals surface area contributed by atoms with Gasteiger partial charge in [0.25, 0.3) is 0 Å². The Bertz CT molecular complexity index is 297. The van der Waals surface area contributed by atoms with E-state index in [1.54, 1.807) is 12.1 Å². The topological polar surface area (TPSA) is 70.7 Å². The molecule has 0 saturated carbocycles. The molecule has 0 aliphatic heterocycles. The lowest BCUT2D eigenvalue weighted by Crippen LogP contribution is -2.02. The largest absolute Gasteiger partial charge is 0.478 e. The Morgan fingerprint density at radius 1 is 1.62 bits per heavy atom. The molecule has 4 heteroatoms. The van der Waals surface area contributed by atoms with E-state index in [2.05, 4.69) is 0 Å². The van der Waals surface area contributed by atoms with E-state index in [9.17, 15) is 4.79 Å². The van der Waals surface area contributed by atoms with E-state index in [0.717, 1.165) is 0 Å². The summed E-state index contributed by atoms with van der Waals surface area (Å²) >= 11 is 0. The lowest BCUT2D eigenvalue weighted by molar-refractivity contribution is -0.132. The first kappa shape index (κ1) is 9.54. The maximum Gasteiger partial charge on any atom is 0.331 e. The smallest absolute Gasteiger partial charge is 0.331 e. The van der Waals surface area contributed by atoms with Crippen molar-refractivity contribution in [3.63, 3.8) is 0 Å². The minimum Gasteiger partial charge on any atom is -0.478 e. The van der Waals surface area contributed by atoms with E-state index >= 15 is 0 Å². The fraction of sp³-hybridized carbons (Fsp3) is 0.222. The van der Waals surface area contributed by atoms with Crippen molar-refractivity contribution in [2.24, 2.45) is 0 Å². The Balaban J connectivity index is 2.80. The summed E-state index contributed by atoms with van der Waals surface area (Å²) in [5, 5.41) is 17.3. The van der Waals surface area contributed by atoms with E-state index in [0.29, 0.717) is 5.76 Å². The molecule has 0 fully saturated rings. The summed E-state index contributed by atoms with van der Waals surface area (Å²) in [4.78, 5) is 10.6. The quantitative estimate of drug-likeness (QED) is 0.685. The maximum atomic E-state index is 10.6. The van der Waals surface area contributed by atoms with Crippen LogP contribution in [0.15, 0.2) is 28.4 Å². The Hall–Kier alpha value is -1.55. The summed E-state index contributed by atoms with van der Waals surface area (Å²) in [7, 11) is 0. The number of carbonyl (C=O) groups is 1. The molecular formula is C9H10O4. The first-order valence-corrected chi connectivity index (χ1v) is 3.82. The maximum absolute atomic E-state index is 10.6. The van der Waals surface area contributed by atoms with Gasteiger partial charge in [0, 0.05) is 18.6 Å². The molecular weight excluding hydrogens is 172 g/mol. The van der Waals surface area contributed by atoms with Gasteiger partial charge >= 0.3 is 5.97 Å². The molecule has 0 aliphatic carbocycles. The average molecular weight is 182 g/mol. The fourth-order valence-corrected chi connectivity index (χ4v) is 0.906. The monoisotopic (exact) mass is 182 g/mol. The second-order valence-electron chi connectivity index (χ2n) is 2.46. The third-order valence-corrected chi connectivity index (χ3v) is 1.52. The van der Waals surface area contributed by atoms with Crippen LogP contribution in [-0.4, -0.2) is 22.8 Å². The fourth-order valence-electron chi connectivity index (χ4n) is 0.906. The number of hydrogen-bond donors (Lipinski definition) is 2. The van der Waals surface area contributed by atoms with E-state index in [1.807, 2.05) is 0 Å².